The molecule has 21 heavy (non-hydrogen) atoms. The molecule has 2 aromatic rings. The Morgan fingerprint density at radius 2 is 1.95 bits per heavy atom. The fourth-order valence-electron chi connectivity index (χ4n) is 1.93. The first kappa shape index (κ1) is 14.0. The van der Waals surface area contributed by atoms with E-state index in [1.54, 1.807) is 30.3 Å². The van der Waals surface area contributed by atoms with Gasteiger partial charge in [-0.2, -0.15) is 0 Å². The number of nitrogens with two attached hydrogens (primary N) is 1. The van der Waals surface area contributed by atoms with E-state index in [1.165, 1.54) is 0 Å². The number of benzene rings is 2. The van der Waals surface area contributed by atoms with Crippen LogP contribution in [0.15, 0.2) is 34.8 Å². The van der Waals surface area contributed by atoms with Crippen LogP contribution in [-0.2, 0) is 0 Å². The van der Waals surface area contributed by atoms with Crippen molar-refractivity contribution in [3.8, 4) is 11.5 Å². The molecule has 0 saturated carbocycles. The lowest BCUT2D eigenvalue weighted by molar-refractivity contribution is 0.102. The molecule has 1 amide bonds. The smallest absolute Gasteiger partial charge is 0.256 e. The third-order valence-electron chi connectivity index (χ3n) is 2.97. The molecule has 1 heterocycles. The van der Waals surface area contributed by atoms with E-state index in [1.807, 2.05) is 0 Å². The van der Waals surface area contributed by atoms with Crippen molar-refractivity contribution in [3.63, 3.8) is 0 Å². The molecule has 0 atom stereocenters. The Hall–Kier alpha value is -1.92. The number of hydrogen-bond acceptors (Lipinski definition) is 4. The molecule has 0 spiro atoms. The molecule has 7 heteroatoms. The Kier molecular flexibility index (Phi) is 3.65. The quantitative estimate of drug-likeness (QED) is 0.792. The van der Waals surface area contributed by atoms with Crippen molar-refractivity contribution in [3.05, 3.63) is 45.4 Å². The molecule has 0 aliphatic carbocycles. The third kappa shape index (κ3) is 2.77. The summed E-state index contributed by atoms with van der Waals surface area (Å²) >= 11 is 9.17. The SMILES string of the molecule is Nc1cc2c(cc1NC(=O)c1ccc(Cl)cc1Br)OCO2. The average Bonchev–Trinajstić information content (AvgIpc) is 2.86. The Morgan fingerprint density at radius 3 is 2.67 bits per heavy atom. The summed E-state index contributed by atoms with van der Waals surface area (Å²) in [6.07, 6.45) is 0. The molecule has 1 aliphatic heterocycles. The highest BCUT2D eigenvalue weighted by atomic mass is 79.9. The highest BCUT2D eigenvalue weighted by Crippen LogP contribution is 2.38. The Bertz CT molecular complexity index is 736. The molecular formula is C14H10BrClN2O3. The standard InChI is InChI=1S/C14H10BrClN2O3/c15-9-3-7(16)1-2-8(9)14(19)18-11-5-13-12(4-10(11)17)20-6-21-13/h1-5H,6,17H2,(H,18,19). The van der Waals surface area contributed by atoms with Gasteiger partial charge in [0, 0.05) is 21.6 Å². The molecule has 5 nitrogen and oxygen atoms in total. The second-order valence-electron chi connectivity index (χ2n) is 4.37. The number of ether oxygens (including phenoxy) is 2. The summed E-state index contributed by atoms with van der Waals surface area (Å²) in [4.78, 5) is 12.3. The van der Waals surface area contributed by atoms with E-state index in [0.29, 0.717) is 37.9 Å². The predicted molar refractivity (Wildman–Crippen MR) is 84.1 cm³/mol. The zero-order chi connectivity index (χ0) is 15.0. The van der Waals surface area contributed by atoms with E-state index in [2.05, 4.69) is 21.2 Å². The summed E-state index contributed by atoms with van der Waals surface area (Å²) < 4.78 is 11.1. The minimum atomic E-state index is -0.302. The van der Waals surface area contributed by atoms with Crippen LogP contribution in [0.2, 0.25) is 5.02 Å². The second-order valence-corrected chi connectivity index (χ2v) is 5.66. The summed E-state index contributed by atoms with van der Waals surface area (Å²) in [6.45, 7) is 0.148. The van der Waals surface area contributed by atoms with Gasteiger partial charge in [0.15, 0.2) is 11.5 Å². The maximum Gasteiger partial charge on any atom is 0.256 e. The lowest BCUT2D eigenvalue weighted by atomic mass is 10.2. The van der Waals surface area contributed by atoms with Gasteiger partial charge in [0.25, 0.3) is 5.91 Å². The van der Waals surface area contributed by atoms with Crippen molar-refractivity contribution >= 4 is 44.8 Å². The molecule has 0 bridgehead atoms. The summed E-state index contributed by atoms with van der Waals surface area (Å²) in [6, 6.07) is 8.18. The Labute approximate surface area is 134 Å². The van der Waals surface area contributed by atoms with Crippen LogP contribution in [0, 0.1) is 0 Å². The molecule has 3 rings (SSSR count). The fraction of sp³-hybridized carbons (Fsp3) is 0.0714. The van der Waals surface area contributed by atoms with Crippen molar-refractivity contribution in [2.75, 3.05) is 17.8 Å². The molecule has 0 saturated heterocycles. The number of carbonyl (C=O) groups excluding carboxylic acids is 1. The monoisotopic (exact) mass is 368 g/mol. The Balaban J connectivity index is 1.88. The van der Waals surface area contributed by atoms with Gasteiger partial charge in [-0.3, -0.25) is 4.79 Å². The van der Waals surface area contributed by atoms with Crippen molar-refractivity contribution in [2.24, 2.45) is 0 Å². The van der Waals surface area contributed by atoms with Gasteiger partial charge in [0.1, 0.15) is 0 Å². The molecular weight excluding hydrogens is 360 g/mol. The van der Waals surface area contributed by atoms with Crippen LogP contribution in [-0.4, -0.2) is 12.7 Å². The van der Waals surface area contributed by atoms with Gasteiger partial charge in [-0.1, -0.05) is 11.6 Å². The molecule has 0 radical (unpaired) electrons. The number of rotatable bonds is 2. The highest BCUT2D eigenvalue weighted by molar-refractivity contribution is 9.10. The molecule has 108 valence electrons. The first-order valence-corrected chi connectivity index (χ1v) is 7.17. The predicted octanol–water partition coefficient (Wildman–Crippen LogP) is 3.67. The number of hydrogen-bond donors (Lipinski definition) is 2. The van der Waals surface area contributed by atoms with E-state index in [-0.39, 0.29) is 12.7 Å². The van der Waals surface area contributed by atoms with Crippen LogP contribution < -0.4 is 20.5 Å². The van der Waals surface area contributed by atoms with Crippen molar-refractivity contribution < 1.29 is 14.3 Å². The first-order chi connectivity index (χ1) is 10.0. The van der Waals surface area contributed by atoms with Crippen LogP contribution in [0.5, 0.6) is 11.5 Å². The maximum atomic E-state index is 12.3. The lowest BCUT2D eigenvalue weighted by Gasteiger charge is -2.10. The zero-order valence-electron chi connectivity index (χ0n) is 10.7. The molecule has 2 aromatic carbocycles. The summed E-state index contributed by atoms with van der Waals surface area (Å²) in [5.41, 5.74) is 7.22. The normalized spacial score (nSPS) is 12.3. The van der Waals surface area contributed by atoms with Crippen LogP contribution >= 0.6 is 27.5 Å². The van der Waals surface area contributed by atoms with E-state index in [0.717, 1.165) is 0 Å². The number of halogens is 2. The van der Waals surface area contributed by atoms with E-state index in [4.69, 9.17) is 26.8 Å². The van der Waals surface area contributed by atoms with E-state index < -0.39 is 0 Å². The highest BCUT2D eigenvalue weighted by Gasteiger charge is 2.18. The summed E-state index contributed by atoms with van der Waals surface area (Å²) in [5, 5.41) is 3.29. The summed E-state index contributed by atoms with van der Waals surface area (Å²) in [5.74, 6) is 0.817. The van der Waals surface area contributed by atoms with Gasteiger partial charge in [-0.05, 0) is 34.1 Å². The number of fused-ring (bicyclic) bond motifs is 1. The molecule has 0 aromatic heterocycles. The maximum absolute atomic E-state index is 12.3. The van der Waals surface area contributed by atoms with Gasteiger partial charge in [0.05, 0.1) is 16.9 Å². The first-order valence-electron chi connectivity index (χ1n) is 6.00. The Morgan fingerprint density at radius 1 is 1.24 bits per heavy atom. The van der Waals surface area contributed by atoms with Crippen LogP contribution in [0.1, 0.15) is 10.4 Å². The number of nitrogen functional groups attached to an aromatic ring is 1. The van der Waals surface area contributed by atoms with E-state index >= 15 is 0 Å². The fourth-order valence-corrected chi connectivity index (χ4v) is 2.79. The molecule has 0 unspecified atom stereocenters. The van der Waals surface area contributed by atoms with Crippen LogP contribution in [0.25, 0.3) is 0 Å². The van der Waals surface area contributed by atoms with Crippen LogP contribution in [0.4, 0.5) is 11.4 Å². The largest absolute Gasteiger partial charge is 0.454 e. The number of carbonyl (C=O) groups is 1. The molecule has 0 fully saturated rings. The molecule has 1 aliphatic rings. The van der Waals surface area contributed by atoms with Crippen molar-refractivity contribution in [2.45, 2.75) is 0 Å². The molecule has 3 N–H and O–H groups in total. The number of anilines is 2. The van der Waals surface area contributed by atoms with Crippen molar-refractivity contribution in [1.82, 2.24) is 0 Å². The van der Waals surface area contributed by atoms with Gasteiger partial charge >= 0.3 is 0 Å². The third-order valence-corrected chi connectivity index (χ3v) is 3.86. The lowest BCUT2D eigenvalue weighted by Crippen LogP contribution is -2.13. The topological polar surface area (TPSA) is 73.6 Å². The minimum Gasteiger partial charge on any atom is -0.454 e. The van der Waals surface area contributed by atoms with Gasteiger partial charge < -0.3 is 20.5 Å². The van der Waals surface area contributed by atoms with Gasteiger partial charge in [-0.15, -0.1) is 0 Å². The number of nitrogens with one attached hydrogen (secondary N) is 1. The van der Waals surface area contributed by atoms with E-state index in [9.17, 15) is 4.79 Å². The number of amides is 1. The average molecular weight is 370 g/mol. The summed E-state index contributed by atoms with van der Waals surface area (Å²) in [7, 11) is 0. The minimum absolute atomic E-state index is 0.148. The van der Waals surface area contributed by atoms with Crippen molar-refractivity contribution in [1.29, 1.82) is 0 Å². The van der Waals surface area contributed by atoms with Gasteiger partial charge in [0.2, 0.25) is 6.79 Å². The zero-order valence-corrected chi connectivity index (χ0v) is 13.0. The van der Waals surface area contributed by atoms with Gasteiger partial charge in [-0.25, -0.2) is 0 Å². The van der Waals surface area contributed by atoms with Crippen LogP contribution in [0.3, 0.4) is 0 Å². The second kappa shape index (κ2) is 5.46.